The molecule has 0 spiro atoms. The van der Waals surface area contributed by atoms with Gasteiger partial charge in [0.05, 0.1) is 0 Å². The fourth-order valence-corrected chi connectivity index (χ4v) is 1.90. The highest BCUT2D eigenvalue weighted by Crippen LogP contribution is 2.27. The van der Waals surface area contributed by atoms with Crippen molar-refractivity contribution in [1.29, 1.82) is 0 Å². The molecule has 0 atom stereocenters. The Morgan fingerprint density at radius 1 is 1.25 bits per heavy atom. The number of anilines is 1. The highest BCUT2D eigenvalue weighted by molar-refractivity contribution is 5.54. The number of rotatable bonds is 5. The topological polar surface area (TPSA) is 38.0 Å². The molecule has 0 aliphatic rings. The average molecular weight is 220 g/mol. The maximum absolute atomic E-state index is 5.63. The Bertz CT molecular complexity index is 329. The van der Waals surface area contributed by atoms with E-state index >= 15 is 0 Å². The molecule has 0 aromatic heterocycles. The molecule has 0 heterocycles. The van der Waals surface area contributed by atoms with Crippen molar-refractivity contribution in [2.45, 2.75) is 45.6 Å². The van der Waals surface area contributed by atoms with Crippen molar-refractivity contribution in [2.75, 3.05) is 11.9 Å². The first-order valence-corrected chi connectivity index (χ1v) is 6.03. The number of benzene rings is 1. The molecule has 16 heavy (non-hydrogen) atoms. The van der Waals surface area contributed by atoms with E-state index in [4.69, 9.17) is 5.73 Å². The molecule has 0 saturated carbocycles. The van der Waals surface area contributed by atoms with E-state index in [2.05, 4.69) is 57.3 Å². The molecule has 0 fully saturated rings. The highest BCUT2D eigenvalue weighted by Gasteiger charge is 2.18. The molecule has 1 aromatic rings. The second kappa shape index (κ2) is 5.35. The van der Waals surface area contributed by atoms with Crippen molar-refractivity contribution in [3.05, 3.63) is 29.8 Å². The molecule has 0 unspecified atom stereocenters. The van der Waals surface area contributed by atoms with Crippen LogP contribution in [0.2, 0.25) is 0 Å². The van der Waals surface area contributed by atoms with Gasteiger partial charge in [0.25, 0.3) is 0 Å². The van der Waals surface area contributed by atoms with Crippen LogP contribution in [-0.4, -0.2) is 12.1 Å². The second-order valence-electron chi connectivity index (χ2n) is 5.29. The van der Waals surface area contributed by atoms with Crippen LogP contribution in [0.1, 0.15) is 45.6 Å². The molecule has 0 aliphatic heterocycles. The summed E-state index contributed by atoms with van der Waals surface area (Å²) in [6, 6.07) is 8.50. The molecule has 2 heteroatoms. The lowest BCUT2D eigenvalue weighted by atomic mass is 9.96. The van der Waals surface area contributed by atoms with Crippen LogP contribution in [0.5, 0.6) is 0 Å². The Morgan fingerprint density at radius 2 is 1.88 bits per heavy atom. The minimum Gasteiger partial charge on any atom is -0.380 e. The number of nitrogens with two attached hydrogens (primary N) is 1. The summed E-state index contributed by atoms with van der Waals surface area (Å²) in [6.07, 6.45) is 0.972. The largest absolute Gasteiger partial charge is 0.380 e. The molecule has 2 nitrogen and oxygen atoms in total. The molecule has 0 aliphatic carbocycles. The van der Waals surface area contributed by atoms with E-state index in [-0.39, 0.29) is 5.54 Å². The molecular formula is C14H24N2. The summed E-state index contributed by atoms with van der Waals surface area (Å²) < 4.78 is 0. The van der Waals surface area contributed by atoms with Gasteiger partial charge in [0.1, 0.15) is 0 Å². The summed E-state index contributed by atoms with van der Waals surface area (Å²) in [5.41, 5.74) is 8.28. The van der Waals surface area contributed by atoms with E-state index in [9.17, 15) is 0 Å². The van der Waals surface area contributed by atoms with E-state index in [1.165, 1.54) is 11.3 Å². The summed E-state index contributed by atoms with van der Waals surface area (Å²) in [5.74, 6) is 0.539. The molecule has 0 saturated heterocycles. The van der Waals surface area contributed by atoms with E-state index in [0.717, 1.165) is 6.42 Å². The minimum absolute atomic E-state index is 0.0553. The quantitative estimate of drug-likeness (QED) is 0.798. The van der Waals surface area contributed by atoms with Crippen molar-refractivity contribution >= 4 is 5.69 Å². The Hall–Kier alpha value is -1.02. The second-order valence-corrected chi connectivity index (χ2v) is 5.29. The standard InChI is InChI=1S/C14H24N2/c1-11(2)12-7-5-6-8-13(12)16-14(3,4)9-10-15/h5-8,11,16H,9-10,15H2,1-4H3. The maximum Gasteiger partial charge on any atom is 0.0379 e. The predicted octanol–water partition coefficient (Wildman–Crippen LogP) is 3.35. The van der Waals surface area contributed by atoms with Crippen LogP contribution in [0.15, 0.2) is 24.3 Å². The van der Waals surface area contributed by atoms with Crippen molar-refractivity contribution < 1.29 is 0 Å². The van der Waals surface area contributed by atoms with E-state index in [1.807, 2.05) is 0 Å². The summed E-state index contributed by atoms with van der Waals surface area (Å²) >= 11 is 0. The zero-order chi connectivity index (χ0) is 12.2. The van der Waals surface area contributed by atoms with E-state index in [0.29, 0.717) is 12.5 Å². The van der Waals surface area contributed by atoms with Crippen molar-refractivity contribution in [3.8, 4) is 0 Å². The van der Waals surface area contributed by atoms with Crippen LogP contribution in [0.4, 0.5) is 5.69 Å². The van der Waals surface area contributed by atoms with Crippen molar-refractivity contribution in [1.82, 2.24) is 0 Å². The molecule has 3 N–H and O–H groups in total. The predicted molar refractivity (Wildman–Crippen MR) is 71.9 cm³/mol. The van der Waals surface area contributed by atoms with Gasteiger partial charge in [0.15, 0.2) is 0 Å². The molecule has 0 radical (unpaired) electrons. The van der Waals surface area contributed by atoms with Gasteiger partial charge < -0.3 is 11.1 Å². The van der Waals surface area contributed by atoms with Gasteiger partial charge in [-0.2, -0.15) is 0 Å². The first-order chi connectivity index (χ1) is 7.46. The molecule has 1 rings (SSSR count). The summed E-state index contributed by atoms with van der Waals surface area (Å²) in [6.45, 7) is 9.53. The zero-order valence-corrected chi connectivity index (χ0v) is 10.9. The summed E-state index contributed by atoms with van der Waals surface area (Å²) in [5, 5.41) is 3.59. The fraction of sp³-hybridized carbons (Fsp3) is 0.571. The smallest absolute Gasteiger partial charge is 0.0379 e. The van der Waals surface area contributed by atoms with Gasteiger partial charge in [0.2, 0.25) is 0 Å². The van der Waals surface area contributed by atoms with Gasteiger partial charge >= 0.3 is 0 Å². The third-order valence-electron chi connectivity index (χ3n) is 2.83. The Morgan fingerprint density at radius 3 is 2.44 bits per heavy atom. The van der Waals surface area contributed by atoms with Crippen LogP contribution in [0, 0.1) is 0 Å². The maximum atomic E-state index is 5.63. The van der Waals surface area contributed by atoms with Crippen molar-refractivity contribution in [2.24, 2.45) is 5.73 Å². The van der Waals surface area contributed by atoms with Gasteiger partial charge in [-0.3, -0.25) is 0 Å². The van der Waals surface area contributed by atoms with Gasteiger partial charge in [0, 0.05) is 11.2 Å². The zero-order valence-electron chi connectivity index (χ0n) is 10.9. The third kappa shape index (κ3) is 3.53. The van der Waals surface area contributed by atoms with Crippen molar-refractivity contribution in [3.63, 3.8) is 0 Å². The minimum atomic E-state index is 0.0553. The monoisotopic (exact) mass is 220 g/mol. The normalized spacial score (nSPS) is 11.9. The third-order valence-corrected chi connectivity index (χ3v) is 2.83. The van der Waals surface area contributed by atoms with Gasteiger partial charge in [-0.25, -0.2) is 0 Å². The summed E-state index contributed by atoms with van der Waals surface area (Å²) in [7, 11) is 0. The van der Waals surface area contributed by atoms with Gasteiger partial charge in [-0.05, 0) is 44.4 Å². The SMILES string of the molecule is CC(C)c1ccccc1NC(C)(C)CCN. The Kier molecular flexibility index (Phi) is 4.36. The number of para-hydroxylation sites is 1. The first kappa shape index (κ1) is 13.0. The Labute approximate surface area is 99.2 Å². The number of nitrogens with one attached hydrogen (secondary N) is 1. The molecule has 0 amide bonds. The fourth-order valence-electron chi connectivity index (χ4n) is 1.90. The van der Waals surface area contributed by atoms with Crippen LogP contribution >= 0.6 is 0 Å². The lowest BCUT2D eigenvalue weighted by Crippen LogP contribution is -2.33. The molecule has 90 valence electrons. The number of hydrogen-bond donors (Lipinski definition) is 2. The first-order valence-electron chi connectivity index (χ1n) is 6.03. The van der Waals surface area contributed by atoms with Crippen LogP contribution < -0.4 is 11.1 Å². The average Bonchev–Trinajstić information content (AvgIpc) is 2.17. The van der Waals surface area contributed by atoms with E-state index in [1.54, 1.807) is 0 Å². The van der Waals surface area contributed by atoms with E-state index < -0.39 is 0 Å². The highest BCUT2D eigenvalue weighted by atomic mass is 15.0. The van der Waals surface area contributed by atoms with Crippen LogP contribution in [0.25, 0.3) is 0 Å². The summed E-state index contributed by atoms with van der Waals surface area (Å²) in [4.78, 5) is 0. The van der Waals surface area contributed by atoms with Gasteiger partial charge in [-0.15, -0.1) is 0 Å². The molecule has 1 aromatic carbocycles. The van der Waals surface area contributed by atoms with Crippen LogP contribution in [0.3, 0.4) is 0 Å². The lowest BCUT2D eigenvalue weighted by Gasteiger charge is -2.29. The Balaban J connectivity index is 2.88. The molecule has 0 bridgehead atoms. The number of hydrogen-bond acceptors (Lipinski definition) is 2. The van der Waals surface area contributed by atoms with Gasteiger partial charge in [-0.1, -0.05) is 32.0 Å². The molecular weight excluding hydrogens is 196 g/mol. The lowest BCUT2D eigenvalue weighted by molar-refractivity contribution is 0.525. The van der Waals surface area contributed by atoms with Crippen LogP contribution in [-0.2, 0) is 0 Å².